The maximum absolute atomic E-state index is 15.1. The van der Waals surface area contributed by atoms with Crippen molar-refractivity contribution < 1.29 is 4.39 Å². The first kappa shape index (κ1) is 20.9. The summed E-state index contributed by atoms with van der Waals surface area (Å²) in [6.07, 6.45) is 5.12. The minimum atomic E-state index is -0.696. The fourth-order valence-corrected chi connectivity index (χ4v) is 4.10. The Morgan fingerprint density at radius 3 is 2.65 bits per heavy atom. The van der Waals surface area contributed by atoms with Crippen molar-refractivity contribution in [1.82, 2.24) is 24.5 Å². The number of H-pyrrole nitrogens is 1. The molecule has 0 unspecified atom stereocenters. The van der Waals surface area contributed by atoms with Gasteiger partial charge in [-0.3, -0.25) is 14.8 Å². The van der Waals surface area contributed by atoms with Crippen LogP contribution in [0.3, 0.4) is 0 Å². The number of aromatic nitrogens is 5. The summed E-state index contributed by atoms with van der Waals surface area (Å²) in [7, 11) is 0. The van der Waals surface area contributed by atoms with Crippen LogP contribution in [-0.2, 0) is 0 Å². The SMILES string of the molecule is CSc1ncccc1-c1nc2c(cc1F)c(=O)[nH]c(=O)n2-c1c(C)ccnc1C(C)C. The van der Waals surface area contributed by atoms with Crippen LogP contribution in [0.25, 0.3) is 28.0 Å². The molecule has 0 fully saturated rings. The summed E-state index contributed by atoms with van der Waals surface area (Å²) in [6, 6.07) is 6.29. The molecule has 0 saturated heterocycles. The van der Waals surface area contributed by atoms with Gasteiger partial charge in [0.2, 0.25) is 0 Å². The van der Waals surface area contributed by atoms with E-state index >= 15 is 4.39 Å². The molecular weight excluding hydrogens is 417 g/mol. The molecule has 0 spiro atoms. The van der Waals surface area contributed by atoms with Gasteiger partial charge < -0.3 is 0 Å². The molecule has 4 rings (SSSR count). The van der Waals surface area contributed by atoms with Gasteiger partial charge in [0, 0.05) is 18.0 Å². The zero-order chi connectivity index (χ0) is 22.3. The highest BCUT2D eigenvalue weighted by Crippen LogP contribution is 2.31. The van der Waals surface area contributed by atoms with Gasteiger partial charge in [0.25, 0.3) is 5.56 Å². The van der Waals surface area contributed by atoms with Crippen molar-refractivity contribution >= 4 is 22.8 Å². The van der Waals surface area contributed by atoms with Crippen molar-refractivity contribution in [2.75, 3.05) is 6.26 Å². The van der Waals surface area contributed by atoms with E-state index in [-0.39, 0.29) is 22.6 Å². The Morgan fingerprint density at radius 1 is 1.16 bits per heavy atom. The predicted octanol–water partition coefficient (Wildman–Crippen LogP) is 3.82. The zero-order valence-corrected chi connectivity index (χ0v) is 18.2. The van der Waals surface area contributed by atoms with Crippen molar-refractivity contribution in [3.63, 3.8) is 0 Å². The fraction of sp³-hybridized carbons (Fsp3) is 0.227. The second-order valence-electron chi connectivity index (χ2n) is 7.36. The van der Waals surface area contributed by atoms with E-state index in [0.717, 1.165) is 11.6 Å². The number of aryl methyl sites for hydroxylation is 1. The average molecular weight is 438 g/mol. The van der Waals surface area contributed by atoms with E-state index in [1.165, 1.54) is 16.3 Å². The van der Waals surface area contributed by atoms with Crippen LogP contribution in [0.2, 0.25) is 0 Å². The lowest BCUT2D eigenvalue weighted by molar-refractivity contribution is 0.626. The molecule has 0 atom stereocenters. The van der Waals surface area contributed by atoms with Gasteiger partial charge in [-0.1, -0.05) is 13.8 Å². The molecule has 158 valence electrons. The molecule has 0 saturated carbocycles. The molecule has 0 aliphatic heterocycles. The normalized spacial score (nSPS) is 11.4. The maximum Gasteiger partial charge on any atom is 0.334 e. The summed E-state index contributed by atoms with van der Waals surface area (Å²) in [5, 5.41) is 0.570. The summed E-state index contributed by atoms with van der Waals surface area (Å²) >= 11 is 1.36. The highest BCUT2D eigenvalue weighted by Gasteiger charge is 2.21. The fourth-order valence-electron chi connectivity index (χ4n) is 3.55. The van der Waals surface area contributed by atoms with E-state index in [0.29, 0.717) is 22.0 Å². The van der Waals surface area contributed by atoms with Crippen LogP contribution in [0.1, 0.15) is 31.0 Å². The Labute approximate surface area is 181 Å². The molecule has 4 aromatic rings. The van der Waals surface area contributed by atoms with E-state index < -0.39 is 17.1 Å². The highest BCUT2D eigenvalue weighted by molar-refractivity contribution is 7.98. The first-order valence-corrected chi connectivity index (χ1v) is 10.9. The number of thioether (sulfide) groups is 1. The molecule has 0 aliphatic carbocycles. The van der Waals surface area contributed by atoms with Crippen LogP contribution in [0, 0.1) is 12.7 Å². The third-order valence-corrected chi connectivity index (χ3v) is 5.69. The monoisotopic (exact) mass is 437 g/mol. The number of hydrogen-bond acceptors (Lipinski definition) is 6. The van der Waals surface area contributed by atoms with Gasteiger partial charge in [0.1, 0.15) is 10.7 Å². The standard InChI is InChI=1S/C22H20FN5O2S/c1-11(2)16-18(12(3)7-9-24-16)28-19-14(20(29)27-22(28)30)10-15(23)17(26-19)13-6-5-8-25-21(13)31-4/h5-11H,1-4H3,(H,27,29,30). The molecule has 0 aromatic carbocycles. The second-order valence-corrected chi connectivity index (χ2v) is 8.16. The van der Waals surface area contributed by atoms with Gasteiger partial charge in [0.05, 0.1) is 16.8 Å². The molecule has 0 amide bonds. The zero-order valence-electron chi connectivity index (χ0n) is 17.4. The van der Waals surface area contributed by atoms with Gasteiger partial charge in [-0.25, -0.2) is 23.7 Å². The third-order valence-electron chi connectivity index (χ3n) is 4.98. The first-order valence-electron chi connectivity index (χ1n) is 9.64. The maximum atomic E-state index is 15.1. The lowest BCUT2D eigenvalue weighted by atomic mass is 10.0. The van der Waals surface area contributed by atoms with E-state index in [1.807, 2.05) is 27.0 Å². The van der Waals surface area contributed by atoms with Crippen LogP contribution < -0.4 is 11.2 Å². The van der Waals surface area contributed by atoms with Crippen molar-refractivity contribution in [1.29, 1.82) is 0 Å². The predicted molar refractivity (Wildman–Crippen MR) is 120 cm³/mol. The van der Waals surface area contributed by atoms with Crippen LogP contribution in [0.15, 0.2) is 51.3 Å². The van der Waals surface area contributed by atoms with Gasteiger partial charge in [-0.05, 0) is 48.9 Å². The van der Waals surface area contributed by atoms with Gasteiger partial charge in [0.15, 0.2) is 11.5 Å². The summed E-state index contributed by atoms with van der Waals surface area (Å²) in [5.41, 5.74) is 1.22. The molecular formula is C22H20FN5O2S. The van der Waals surface area contributed by atoms with Crippen LogP contribution >= 0.6 is 11.8 Å². The molecule has 0 bridgehead atoms. The number of rotatable bonds is 4. The molecule has 31 heavy (non-hydrogen) atoms. The van der Waals surface area contributed by atoms with Crippen LogP contribution in [-0.4, -0.2) is 30.8 Å². The third kappa shape index (κ3) is 3.54. The van der Waals surface area contributed by atoms with E-state index in [1.54, 1.807) is 30.6 Å². The quantitative estimate of drug-likeness (QED) is 0.488. The first-order chi connectivity index (χ1) is 14.8. The second kappa shape index (κ2) is 8.07. The summed E-state index contributed by atoms with van der Waals surface area (Å²) in [5.74, 6) is -0.663. The van der Waals surface area contributed by atoms with Gasteiger partial charge in [-0.15, -0.1) is 11.8 Å². The number of aromatic amines is 1. The number of pyridine rings is 3. The molecule has 1 N–H and O–H groups in total. The minimum Gasteiger partial charge on any atom is -0.273 e. The van der Waals surface area contributed by atoms with Crippen molar-refractivity contribution in [2.24, 2.45) is 0 Å². The minimum absolute atomic E-state index is 0.00474. The van der Waals surface area contributed by atoms with Gasteiger partial charge >= 0.3 is 5.69 Å². The Bertz CT molecular complexity index is 1430. The molecule has 9 heteroatoms. The van der Waals surface area contributed by atoms with E-state index in [2.05, 4.69) is 19.9 Å². The highest BCUT2D eigenvalue weighted by atomic mass is 32.2. The van der Waals surface area contributed by atoms with Gasteiger partial charge in [-0.2, -0.15) is 0 Å². The summed E-state index contributed by atoms with van der Waals surface area (Å²) < 4.78 is 16.4. The molecule has 0 aliphatic rings. The van der Waals surface area contributed by atoms with Crippen LogP contribution in [0.5, 0.6) is 0 Å². The number of nitrogens with one attached hydrogen (secondary N) is 1. The van der Waals surface area contributed by atoms with Crippen LogP contribution in [0.4, 0.5) is 4.39 Å². The lowest BCUT2D eigenvalue weighted by Crippen LogP contribution is -2.31. The van der Waals surface area contributed by atoms with E-state index in [4.69, 9.17) is 0 Å². The Kier molecular flexibility index (Phi) is 5.45. The Hall–Kier alpha value is -3.33. The van der Waals surface area contributed by atoms with E-state index in [9.17, 15) is 9.59 Å². The largest absolute Gasteiger partial charge is 0.334 e. The summed E-state index contributed by atoms with van der Waals surface area (Å²) in [4.78, 5) is 40.9. The summed E-state index contributed by atoms with van der Waals surface area (Å²) in [6.45, 7) is 5.77. The van der Waals surface area contributed by atoms with Crippen molar-refractivity contribution in [3.05, 3.63) is 74.6 Å². The number of fused-ring (bicyclic) bond motifs is 1. The molecule has 4 aromatic heterocycles. The van der Waals surface area contributed by atoms with Crippen molar-refractivity contribution in [2.45, 2.75) is 31.7 Å². The number of hydrogen-bond donors (Lipinski definition) is 1. The number of halogens is 1. The Morgan fingerprint density at radius 2 is 1.94 bits per heavy atom. The Balaban J connectivity index is 2.17. The topological polar surface area (TPSA) is 93.5 Å². The van der Waals surface area contributed by atoms with Crippen molar-refractivity contribution in [3.8, 4) is 16.9 Å². The molecule has 7 nitrogen and oxygen atoms in total. The smallest absolute Gasteiger partial charge is 0.273 e. The molecule has 0 radical (unpaired) electrons. The number of nitrogens with zero attached hydrogens (tertiary/aromatic N) is 4. The average Bonchev–Trinajstić information content (AvgIpc) is 2.74. The lowest BCUT2D eigenvalue weighted by Gasteiger charge is -2.18. The molecule has 4 heterocycles.